The fourth-order valence-corrected chi connectivity index (χ4v) is 3.96. The second kappa shape index (κ2) is 13.3. The van der Waals surface area contributed by atoms with E-state index in [1.54, 1.807) is 25.1 Å². The third-order valence-corrected chi connectivity index (χ3v) is 6.11. The molecule has 9 heteroatoms. The monoisotopic (exact) mass is 506 g/mol. The van der Waals surface area contributed by atoms with Crippen LogP contribution in [0.3, 0.4) is 0 Å². The zero-order valence-corrected chi connectivity index (χ0v) is 21.7. The standard InChI is InChI=1S/C27H30N4O4S/c1-5-18(3)22-9-7-8-10-23(22)34-13-14-35-24-12-11-20(16-25(24)33-6-2)15-21(17-28)26(32)29-27-31-30-19(4)36-27/h7-12,15-16,18H,5-6,13-14H2,1-4H3,(H,29,31,32)/b21-15-. The number of nitrogens with one attached hydrogen (secondary N) is 1. The van der Waals surface area contributed by atoms with Crippen LogP contribution in [0.2, 0.25) is 0 Å². The maximum absolute atomic E-state index is 12.5. The van der Waals surface area contributed by atoms with Gasteiger partial charge < -0.3 is 14.2 Å². The Labute approximate surface area is 215 Å². The van der Waals surface area contributed by atoms with Gasteiger partial charge in [0.1, 0.15) is 35.6 Å². The summed E-state index contributed by atoms with van der Waals surface area (Å²) in [4.78, 5) is 12.5. The van der Waals surface area contributed by atoms with Gasteiger partial charge in [-0.25, -0.2) is 0 Å². The van der Waals surface area contributed by atoms with Gasteiger partial charge in [-0.1, -0.05) is 49.4 Å². The Bertz CT molecular complexity index is 1250. The van der Waals surface area contributed by atoms with Crippen LogP contribution in [0, 0.1) is 18.3 Å². The van der Waals surface area contributed by atoms with Crippen molar-refractivity contribution in [3.63, 3.8) is 0 Å². The molecule has 1 aromatic heterocycles. The summed E-state index contributed by atoms with van der Waals surface area (Å²) in [7, 11) is 0. The Balaban J connectivity index is 1.66. The van der Waals surface area contributed by atoms with Crippen molar-refractivity contribution in [2.45, 2.75) is 40.0 Å². The van der Waals surface area contributed by atoms with Gasteiger partial charge >= 0.3 is 0 Å². The highest BCUT2D eigenvalue weighted by Crippen LogP contribution is 2.31. The van der Waals surface area contributed by atoms with Crippen LogP contribution in [0.4, 0.5) is 5.13 Å². The first-order valence-electron chi connectivity index (χ1n) is 11.8. The number of anilines is 1. The first-order chi connectivity index (χ1) is 17.4. The highest BCUT2D eigenvalue weighted by Gasteiger charge is 2.14. The smallest absolute Gasteiger partial charge is 0.268 e. The number of hydrogen-bond donors (Lipinski definition) is 1. The molecule has 0 aliphatic rings. The molecule has 1 N–H and O–H groups in total. The van der Waals surface area contributed by atoms with Gasteiger partial charge in [-0.3, -0.25) is 10.1 Å². The van der Waals surface area contributed by atoms with E-state index < -0.39 is 5.91 Å². The summed E-state index contributed by atoms with van der Waals surface area (Å²) in [5.41, 5.74) is 1.75. The number of ether oxygens (including phenoxy) is 3. The molecule has 0 radical (unpaired) electrons. The van der Waals surface area contributed by atoms with E-state index in [1.165, 1.54) is 23.0 Å². The third-order valence-electron chi connectivity index (χ3n) is 5.35. The van der Waals surface area contributed by atoms with Crippen molar-refractivity contribution in [1.82, 2.24) is 10.2 Å². The van der Waals surface area contributed by atoms with E-state index in [1.807, 2.05) is 31.2 Å². The molecular weight excluding hydrogens is 476 g/mol. The van der Waals surface area contributed by atoms with Crippen molar-refractivity contribution in [1.29, 1.82) is 5.26 Å². The van der Waals surface area contributed by atoms with Gasteiger partial charge in [0.15, 0.2) is 11.5 Å². The van der Waals surface area contributed by atoms with Crippen molar-refractivity contribution in [3.8, 4) is 23.3 Å². The molecule has 188 valence electrons. The fraction of sp³-hybridized carbons (Fsp3) is 0.333. The maximum Gasteiger partial charge on any atom is 0.268 e. The van der Waals surface area contributed by atoms with Crippen molar-refractivity contribution in [2.24, 2.45) is 0 Å². The molecule has 0 saturated heterocycles. The number of rotatable bonds is 12. The summed E-state index contributed by atoms with van der Waals surface area (Å²) in [5, 5.41) is 20.9. The summed E-state index contributed by atoms with van der Waals surface area (Å²) in [6, 6.07) is 15.2. The highest BCUT2D eigenvalue weighted by molar-refractivity contribution is 7.15. The van der Waals surface area contributed by atoms with E-state index in [0.717, 1.165) is 17.2 Å². The predicted molar refractivity (Wildman–Crippen MR) is 141 cm³/mol. The lowest BCUT2D eigenvalue weighted by Crippen LogP contribution is -2.13. The molecule has 0 spiro atoms. The van der Waals surface area contributed by atoms with Crippen molar-refractivity contribution < 1.29 is 19.0 Å². The molecule has 3 rings (SSSR count). The van der Waals surface area contributed by atoms with Crippen LogP contribution in [-0.4, -0.2) is 35.9 Å². The fourth-order valence-electron chi connectivity index (χ4n) is 3.37. The quantitative estimate of drug-likeness (QED) is 0.189. The molecule has 3 aromatic rings. The van der Waals surface area contributed by atoms with E-state index >= 15 is 0 Å². The zero-order valence-electron chi connectivity index (χ0n) is 20.9. The topological polar surface area (TPSA) is 106 Å². The molecule has 1 amide bonds. The number of carbonyl (C=O) groups is 1. The minimum Gasteiger partial charge on any atom is -0.490 e. The molecular formula is C27H30N4O4S. The van der Waals surface area contributed by atoms with Gasteiger partial charge in [-0.05, 0) is 61.6 Å². The molecule has 0 fully saturated rings. The molecule has 0 saturated carbocycles. The first kappa shape index (κ1) is 26.7. The molecule has 0 aliphatic heterocycles. The summed E-state index contributed by atoms with van der Waals surface area (Å²) >= 11 is 1.23. The molecule has 2 aromatic carbocycles. The lowest BCUT2D eigenvalue weighted by atomic mass is 9.98. The number of benzene rings is 2. The molecule has 1 unspecified atom stereocenters. The number of nitriles is 1. The van der Waals surface area contributed by atoms with Crippen LogP contribution in [0.15, 0.2) is 48.0 Å². The minimum atomic E-state index is -0.554. The molecule has 0 aliphatic carbocycles. The van der Waals surface area contributed by atoms with E-state index in [9.17, 15) is 10.1 Å². The largest absolute Gasteiger partial charge is 0.490 e. The van der Waals surface area contributed by atoms with Gasteiger partial charge in [-0.15, -0.1) is 10.2 Å². The van der Waals surface area contributed by atoms with Crippen LogP contribution in [0.1, 0.15) is 49.2 Å². The normalized spacial score (nSPS) is 11.9. The number of aryl methyl sites for hydroxylation is 1. The van der Waals surface area contributed by atoms with E-state index in [-0.39, 0.29) is 5.57 Å². The predicted octanol–water partition coefficient (Wildman–Crippen LogP) is 5.76. The maximum atomic E-state index is 12.5. The van der Waals surface area contributed by atoms with Crippen LogP contribution >= 0.6 is 11.3 Å². The van der Waals surface area contributed by atoms with E-state index in [2.05, 4.69) is 35.4 Å². The van der Waals surface area contributed by atoms with E-state index in [0.29, 0.717) is 47.9 Å². The molecule has 36 heavy (non-hydrogen) atoms. The summed E-state index contributed by atoms with van der Waals surface area (Å²) in [6.07, 6.45) is 2.52. The number of nitrogens with zero attached hydrogens (tertiary/aromatic N) is 3. The van der Waals surface area contributed by atoms with Gasteiger partial charge in [0.25, 0.3) is 5.91 Å². The number of hydrogen-bond acceptors (Lipinski definition) is 8. The third kappa shape index (κ3) is 7.30. The first-order valence-corrected chi connectivity index (χ1v) is 12.6. The van der Waals surface area contributed by atoms with Crippen LogP contribution < -0.4 is 19.5 Å². The molecule has 8 nitrogen and oxygen atoms in total. The molecule has 1 atom stereocenters. The zero-order chi connectivity index (χ0) is 25.9. The van der Waals surface area contributed by atoms with Crippen molar-refractivity contribution >= 4 is 28.5 Å². The Morgan fingerprint density at radius 2 is 1.83 bits per heavy atom. The average molecular weight is 507 g/mol. The molecule has 1 heterocycles. The lowest BCUT2D eigenvalue weighted by molar-refractivity contribution is -0.112. The highest BCUT2D eigenvalue weighted by atomic mass is 32.1. The second-order valence-corrected chi connectivity index (χ2v) is 9.12. The SMILES string of the molecule is CCOc1cc(/C=C(/C#N)C(=O)Nc2nnc(C)s2)ccc1OCCOc1ccccc1C(C)CC. The average Bonchev–Trinajstić information content (AvgIpc) is 3.30. The van der Waals surface area contributed by atoms with Gasteiger partial charge in [0.05, 0.1) is 6.61 Å². The Kier molecular flexibility index (Phi) is 9.83. The second-order valence-electron chi connectivity index (χ2n) is 7.93. The number of aromatic nitrogens is 2. The molecule has 0 bridgehead atoms. The lowest BCUT2D eigenvalue weighted by Gasteiger charge is -2.16. The number of para-hydroxylation sites is 1. The van der Waals surface area contributed by atoms with Gasteiger partial charge in [0, 0.05) is 0 Å². The van der Waals surface area contributed by atoms with Crippen LogP contribution in [0.25, 0.3) is 6.08 Å². The number of carbonyl (C=O) groups excluding carboxylic acids is 1. The summed E-state index contributed by atoms with van der Waals surface area (Å²) in [6.45, 7) is 9.14. The van der Waals surface area contributed by atoms with Crippen molar-refractivity contribution in [2.75, 3.05) is 25.1 Å². The Morgan fingerprint density at radius 1 is 1.08 bits per heavy atom. The van der Waals surface area contributed by atoms with Crippen molar-refractivity contribution in [3.05, 3.63) is 64.2 Å². The summed E-state index contributed by atoms with van der Waals surface area (Å²) in [5.74, 6) is 1.80. The van der Waals surface area contributed by atoms with Crippen LogP contribution in [-0.2, 0) is 4.79 Å². The number of amides is 1. The van der Waals surface area contributed by atoms with E-state index in [4.69, 9.17) is 14.2 Å². The Morgan fingerprint density at radius 3 is 2.50 bits per heavy atom. The summed E-state index contributed by atoms with van der Waals surface area (Å²) < 4.78 is 17.6. The van der Waals surface area contributed by atoms with Crippen LogP contribution in [0.5, 0.6) is 17.2 Å². The van der Waals surface area contributed by atoms with Gasteiger partial charge in [-0.2, -0.15) is 5.26 Å². The Hall–Kier alpha value is -3.90. The van der Waals surface area contributed by atoms with Gasteiger partial charge in [0.2, 0.25) is 5.13 Å². The minimum absolute atomic E-state index is 0.0626.